The summed E-state index contributed by atoms with van der Waals surface area (Å²) in [6, 6.07) is 17.9. The smallest absolute Gasteiger partial charge is 0.337 e. The molecule has 0 aliphatic rings. The summed E-state index contributed by atoms with van der Waals surface area (Å²) in [6.45, 7) is 0.344. The van der Waals surface area contributed by atoms with E-state index in [0.717, 1.165) is 17.4 Å². The Bertz CT molecular complexity index is 886. The molecule has 25 heavy (non-hydrogen) atoms. The minimum Gasteiger partial charge on any atom is -0.488 e. The average Bonchev–Trinajstić information content (AvgIpc) is 2.67. The molecule has 0 aliphatic heterocycles. The highest BCUT2D eigenvalue weighted by Crippen LogP contribution is 2.20. The van der Waals surface area contributed by atoms with Crippen molar-refractivity contribution in [2.45, 2.75) is 6.61 Å². The number of para-hydroxylation sites is 1. The highest BCUT2D eigenvalue weighted by atomic mass is 16.5. The molecule has 0 atom stereocenters. The van der Waals surface area contributed by atoms with Crippen LogP contribution in [-0.4, -0.2) is 22.3 Å². The van der Waals surface area contributed by atoms with Crippen LogP contribution in [0.4, 0.5) is 0 Å². The van der Waals surface area contributed by atoms with Crippen molar-refractivity contribution in [2.24, 2.45) is 0 Å². The van der Waals surface area contributed by atoms with Crippen molar-refractivity contribution in [1.29, 1.82) is 0 Å². The van der Waals surface area contributed by atoms with Gasteiger partial charge in [-0.05, 0) is 29.8 Å². The van der Waals surface area contributed by atoms with Gasteiger partial charge in [-0.2, -0.15) is 0 Å². The zero-order valence-corrected chi connectivity index (χ0v) is 13.3. The summed E-state index contributed by atoms with van der Waals surface area (Å²) in [5, 5.41) is 8.90. The average molecular weight is 333 g/mol. The van der Waals surface area contributed by atoms with Crippen LogP contribution in [0.3, 0.4) is 0 Å². The molecule has 0 fully saturated rings. The lowest BCUT2D eigenvalue weighted by Crippen LogP contribution is -1.98. The van der Waals surface area contributed by atoms with Crippen LogP contribution < -0.4 is 4.74 Å². The molecule has 0 unspecified atom stereocenters. The zero-order chi connectivity index (χ0) is 17.6. The first kappa shape index (κ1) is 16.4. The number of nitrogens with zero attached hydrogens (tertiary/aromatic N) is 1. The standard InChI is InChI=1S/C20H15NO4/c22-12-17-3-1-2-4-19(17)25-13-14-5-7-15(8-6-14)18-10-9-16(11-21-18)20(23)24/h1-12H,13H2,(H,23,24). The van der Waals surface area contributed by atoms with Crippen LogP contribution in [0.5, 0.6) is 5.75 Å². The summed E-state index contributed by atoms with van der Waals surface area (Å²) in [5.41, 5.74) is 3.20. The van der Waals surface area contributed by atoms with Crippen LogP contribution >= 0.6 is 0 Å². The maximum absolute atomic E-state index is 11.0. The van der Waals surface area contributed by atoms with Crippen LogP contribution in [0.1, 0.15) is 26.3 Å². The number of pyridine rings is 1. The van der Waals surface area contributed by atoms with E-state index >= 15 is 0 Å². The van der Waals surface area contributed by atoms with Crippen LogP contribution in [0.2, 0.25) is 0 Å². The summed E-state index contributed by atoms with van der Waals surface area (Å²) >= 11 is 0. The van der Waals surface area contributed by atoms with Crippen molar-refractivity contribution >= 4 is 12.3 Å². The summed E-state index contributed by atoms with van der Waals surface area (Å²) in [6.07, 6.45) is 2.11. The first-order valence-electron chi connectivity index (χ1n) is 7.63. The highest BCUT2D eigenvalue weighted by Gasteiger charge is 2.06. The number of aromatic carboxylic acids is 1. The van der Waals surface area contributed by atoms with Crippen molar-refractivity contribution in [2.75, 3.05) is 0 Å². The van der Waals surface area contributed by atoms with Crippen LogP contribution in [0.15, 0.2) is 66.9 Å². The second-order valence-corrected chi connectivity index (χ2v) is 5.38. The lowest BCUT2D eigenvalue weighted by atomic mass is 10.1. The topological polar surface area (TPSA) is 76.5 Å². The van der Waals surface area contributed by atoms with Crippen LogP contribution in [0, 0.1) is 0 Å². The number of ether oxygens (including phenoxy) is 1. The fourth-order valence-corrected chi connectivity index (χ4v) is 2.33. The molecule has 5 nitrogen and oxygen atoms in total. The lowest BCUT2D eigenvalue weighted by Gasteiger charge is -2.09. The van der Waals surface area contributed by atoms with Crippen molar-refractivity contribution in [3.05, 3.63) is 83.6 Å². The number of carboxylic acid groups (broad SMARTS) is 1. The molecule has 0 saturated carbocycles. The number of hydrogen-bond acceptors (Lipinski definition) is 4. The van der Waals surface area contributed by atoms with Gasteiger partial charge < -0.3 is 9.84 Å². The van der Waals surface area contributed by atoms with E-state index in [1.165, 1.54) is 12.3 Å². The van der Waals surface area contributed by atoms with E-state index in [1.54, 1.807) is 24.3 Å². The SMILES string of the molecule is O=Cc1ccccc1OCc1ccc(-c2ccc(C(=O)O)cn2)cc1. The molecule has 5 heteroatoms. The molecule has 0 spiro atoms. The number of rotatable bonds is 6. The molecule has 1 N–H and O–H groups in total. The van der Waals surface area contributed by atoms with E-state index in [-0.39, 0.29) is 5.56 Å². The molecule has 0 bridgehead atoms. The van der Waals surface area contributed by atoms with Gasteiger partial charge >= 0.3 is 5.97 Å². The maximum atomic E-state index is 11.0. The monoisotopic (exact) mass is 333 g/mol. The number of aldehydes is 1. The van der Waals surface area contributed by atoms with Gasteiger partial charge in [-0.15, -0.1) is 0 Å². The first-order valence-corrected chi connectivity index (χ1v) is 7.63. The Hall–Kier alpha value is -3.47. The second kappa shape index (κ2) is 7.40. The Kier molecular flexibility index (Phi) is 4.85. The number of carboxylic acids is 1. The van der Waals surface area contributed by atoms with Gasteiger partial charge in [0.2, 0.25) is 0 Å². The van der Waals surface area contributed by atoms with E-state index in [4.69, 9.17) is 9.84 Å². The lowest BCUT2D eigenvalue weighted by molar-refractivity contribution is 0.0696. The van der Waals surface area contributed by atoms with Gasteiger partial charge in [-0.3, -0.25) is 9.78 Å². The van der Waals surface area contributed by atoms with E-state index in [1.807, 2.05) is 30.3 Å². The number of carbonyl (C=O) groups is 2. The van der Waals surface area contributed by atoms with Crippen LogP contribution in [0.25, 0.3) is 11.3 Å². The molecule has 3 rings (SSSR count). The molecule has 0 radical (unpaired) electrons. The summed E-state index contributed by atoms with van der Waals surface area (Å²) in [4.78, 5) is 26.0. The molecule has 0 amide bonds. The third-order valence-corrected chi connectivity index (χ3v) is 3.70. The van der Waals surface area contributed by atoms with Crippen LogP contribution in [-0.2, 0) is 6.61 Å². The normalized spacial score (nSPS) is 10.2. The molecule has 124 valence electrons. The van der Waals surface area contributed by atoms with Gasteiger partial charge in [-0.1, -0.05) is 36.4 Å². The number of benzene rings is 2. The third-order valence-electron chi connectivity index (χ3n) is 3.70. The second-order valence-electron chi connectivity index (χ2n) is 5.38. The number of hydrogen-bond donors (Lipinski definition) is 1. The fraction of sp³-hybridized carbons (Fsp3) is 0.0500. The van der Waals surface area contributed by atoms with E-state index < -0.39 is 5.97 Å². The van der Waals surface area contributed by atoms with Crippen molar-refractivity contribution < 1.29 is 19.4 Å². The van der Waals surface area contributed by atoms with Crippen molar-refractivity contribution in [3.8, 4) is 17.0 Å². The Morgan fingerprint density at radius 2 is 1.80 bits per heavy atom. The molecular formula is C20H15NO4. The quantitative estimate of drug-likeness (QED) is 0.694. The first-order chi connectivity index (χ1) is 12.2. The summed E-state index contributed by atoms with van der Waals surface area (Å²) in [7, 11) is 0. The Labute approximate surface area is 144 Å². The third kappa shape index (κ3) is 3.90. The number of carbonyl (C=O) groups excluding carboxylic acids is 1. The minimum absolute atomic E-state index is 0.155. The van der Waals surface area contributed by atoms with E-state index in [9.17, 15) is 9.59 Å². The van der Waals surface area contributed by atoms with Gasteiger partial charge in [0.25, 0.3) is 0 Å². The van der Waals surface area contributed by atoms with E-state index in [0.29, 0.717) is 23.6 Å². The van der Waals surface area contributed by atoms with Gasteiger partial charge in [-0.25, -0.2) is 4.79 Å². The summed E-state index contributed by atoms with van der Waals surface area (Å²) in [5.74, 6) is -0.449. The molecule has 0 aliphatic carbocycles. The maximum Gasteiger partial charge on any atom is 0.337 e. The molecule has 1 aromatic heterocycles. The van der Waals surface area contributed by atoms with Gasteiger partial charge in [0.1, 0.15) is 12.4 Å². The number of aromatic nitrogens is 1. The van der Waals surface area contributed by atoms with Gasteiger partial charge in [0, 0.05) is 11.8 Å². The zero-order valence-electron chi connectivity index (χ0n) is 13.3. The summed E-state index contributed by atoms with van der Waals surface area (Å²) < 4.78 is 5.69. The van der Waals surface area contributed by atoms with Gasteiger partial charge in [0.05, 0.1) is 16.8 Å². The largest absolute Gasteiger partial charge is 0.488 e. The van der Waals surface area contributed by atoms with E-state index in [2.05, 4.69) is 4.98 Å². The van der Waals surface area contributed by atoms with Crippen molar-refractivity contribution in [1.82, 2.24) is 4.98 Å². The Morgan fingerprint density at radius 1 is 1.04 bits per heavy atom. The predicted molar refractivity (Wildman–Crippen MR) is 92.8 cm³/mol. The molecule has 1 heterocycles. The molecule has 2 aromatic carbocycles. The van der Waals surface area contributed by atoms with Gasteiger partial charge in [0.15, 0.2) is 6.29 Å². The molecule has 3 aromatic rings. The Balaban J connectivity index is 1.69. The Morgan fingerprint density at radius 3 is 2.44 bits per heavy atom. The molecule has 0 saturated heterocycles. The predicted octanol–water partition coefficient (Wildman–Crippen LogP) is 3.84. The fourth-order valence-electron chi connectivity index (χ4n) is 2.33. The van der Waals surface area contributed by atoms with Crippen molar-refractivity contribution in [3.63, 3.8) is 0 Å². The minimum atomic E-state index is -0.998. The highest BCUT2D eigenvalue weighted by molar-refractivity contribution is 5.87. The molecular weight excluding hydrogens is 318 g/mol.